The normalized spacial score (nSPS) is 13.2. The molecule has 0 amide bonds. The fourth-order valence-electron chi connectivity index (χ4n) is 4.53. The minimum absolute atomic E-state index is 0.419. The molecule has 2 aromatic heterocycles. The Hall–Kier alpha value is -4.81. The number of rotatable bonds is 9. The summed E-state index contributed by atoms with van der Waals surface area (Å²) in [6, 6.07) is 19.4. The summed E-state index contributed by atoms with van der Waals surface area (Å²) >= 11 is 0. The highest BCUT2D eigenvalue weighted by molar-refractivity contribution is 5.46. The largest absolute Gasteiger partial charge is 0.249 e. The Balaban J connectivity index is 1.80. The van der Waals surface area contributed by atoms with Gasteiger partial charge in [-0.15, -0.1) is 0 Å². The monoisotopic (exact) mass is 517 g/mol. The van der Waals surface area contributed by atoms with Crippen molar-refractivity contribution in [3.63, 3.8) is 0 Å². The van der Waals surface area contributed by atoms with Gasteiger partial charge in [-0.1, -0.05) is 36.4 Å². The Kier molecular flexibility index (Phi) is 7.34. The summed E-state index contributed by atoms with van der Waals surface area (Å²) in [6.45, 7) is 10.4. The lowest BCUT2D eigenvalue weighted by molar-refractivity contribution is 0.592. The first-order valence-corrected chi connectivity index (χ1v) is 12.6. The SMILES string of the molecule is CC(C)(C#N)c1cc(Cn2cncn2)cc(C[C@](C)(C#N)c2cc(Cn3cncn3)cc(C(C)(C)C#N)c2)c1. The Morgan fingerprint density at radius 2 is 1.08 bits per heavy atom. The van der Waals surface area contributed by atoms with E-state index in [1.54, 1.807) is 22.0 Å². The molecule has 4 aromatic rings. The van der Waals surface area contributed by atoms with E-state index in [9.17, 15) is 15.8 Å². The summed E-state index contributed by atoms with van der Waals surface area (Å²) < 4.78 is 3.45. The second-order valence-corrected chi connectivity index (χ2v) is 11.2. The number of nitrogens with zero attached hydrogens (tertiary/aromatic N) is 9. The van der Waals surface area contributed by atoms with Crippen molar-refractivity contribution in [1.29, 1.82) is 15.8 Å². The third kappa shape index (κ3) is 6.03. The van der Waals surface area contributed by atoms with Crippen LogP contribution in [0.25, 0.3) is 0 Å². The molecule has 0 aliphatic heterocycles. The van der Waals surface area contributed by atoms with Gasteiger partial charge in [0.1, 0.15) is 25.3 Å². The van der Waals surface area contributed by atoms with Gasteiger partial charge in [0, 0.05) is 0 Å². The number of nitriles is 3. The molecule has 2 heterocycles. The van der Waals surface area contributed by atoms with Crippen molar-refractivity contribution in [2.24, 2.45) is 0 Å². The van der Waals surface area contributed by atoms with Gasteiger partial charge in [-0.3, -0.25) is 0 Å². The highest BCUT2D eigenvalue weighted by Crippen LogP contribution is 2.35. The molecule has 4 rings (SSSR count). The number of benzene rings is 2. The van der Waals surface area contributed by atoms with Crippen LogP contribution in [-0.2, 0) is 35.8 Å². The molecular weight excluding hydrogens is 486 g/mol. The summed E-state index contributed by atoms with van der Waals surface area (Å²) in [6.07, 6.45) is 6.69. The van der Waals surface area contributed by atoms with E-state index in [2.05, 4.69) is 44.4 Å². The molecule has 0 saturated heterocycles. The molecule has 0 radical (unpaired) electrons. The zero-order valence-corrected chi connectivity index (χ0v) is 22.9. The van der Waals surface area contributed by atoms with E-state index in [4.69, 9.17) is 0 Å². The zero-order valence-electron chi connectivity index (χ0n) is 22.9. The second-order valence-electron chi connectivity index (χ2n) is 11.2. The van der Waals surface area contributed by atoms with E-state index >= 15 is 0 Å². The van der Waals surface area contributed by atoms with Crippen LogP contribution in [0.3, 0.4) is 0 Å². The van der Waals surface area contributed by atoms with Crippen molar-refractivity contribution in [1.82, 2.24) is 29.5 Å². The van der Waals surface area contributed by atoms with E-state index in [-0.39, 0.29) is 0 Å². The molecule has 196 valence electrons. The van der Waals surface area contributed by atoms with Gasteiger partial charge >= 0.3 is 0 Å². The third-order valence-electron chi connectivity index (χ3n) is 7.11. The van der Waals surface area contributed by atoms with E-state index in [1.807, 2.05) is 65.0 Å². The van der Waals surface area contributed by atoms with E-state index < -0.39 is 16.2 Å². The lowest BCUT2D eigenvalue weighted by Crippen LogP contribution is -2.26. The van der Waals surface area contributed by atoms with Gasteiger partial charge in [0.15, 0.2) is 0 Å². The van der Waals surface area contributed by atoms with Gasteiger partial charge in [0.05, 0.1) is 47.5 Å². The maximum atomic E-state index is 10.5. The summed E-state index contributed by atoms with van der Waals surface area (Å²) in [4.78, 5) is 8.07. The van der Waals surface area contributed by atoms with Gasteiger partial charge < -0.3 is 0 Å². The lowest BCUT2D eigenvalue weighted by Gasteiger charge is -2.27. The molecule has 0 saturated carbocycles. The van der Waals surface area contributed by atoms with Gasteiger partial charge in [0.2, 0.25) is 0 Å². The Morgan fingerprint density at radius 1 is 0.615 bits per heavy atom. The molecule has 9 heteroatoms. The van der Waals surface area contributed by atoms with Crippen LogP contribution in [-0.4, -0.2) is 29.5 Å². The van der Waals surface area contributed by atoms with Crippen molar-refractivity contribution in [2.45, 2.75) is 70.4 Å². The predicted octanol–water partition coefficient (Wildman–Crippen LogP) is 4.59. The highest BCUT2D eigenvalue weighted by Gasteiger charge is 2.31. The van der Waals surface area contributed by atoms with Gasteiger partial charge in [0.25, 0.3) is 0 Å². The molecular formula is C30H31N9. The molecule has 0 spiro atoms. The van der Waals surface area contributed by atoms with Crippen LogP contribution in [0.15, 0.2) is 61.7 Å². The molecule has 2 aromatic carbocycles. The van der Waals surface area contributed by atoms with Crippen molar-refractivity contribution in [2.75, 3.05) is 0 Å². The summed E-state index contributed by atoms with van der Waals surface area (Å²) in [5, 5.41) is 38.7. The Morgan fingerprint density at radius 3 is 1.54 bits per heavy atom. The maximum absolute atomic E-state index is 10.5. The first kappa shape index (κ1) is 27.2. The van der Waals surface area contributed by atoms with E-state index in [0.717, 1.165) is 33.4 Å². The summed E-state index contributed by atoms with van der Waals surface area (Å²) in [5.74, 6) is 0. The smallest absolute Gasteiger partial charge is 0.137 e. The highest BCUT2D eigenvalue weighted by atomic mass is 15.3. The third-order valence-corrected chi connectivity index (χ3v) is 7.11. The van der Waals surface area contributed by atoms with Gasteiger partial charge in [-0.2, -0.15) is 26.0 Å². The molecule has 0 unspecified atom stereocenters. The van der Waals surface area contributed by atoms with Crippen LogP contribution in [0.2, 0.25) is 0 Å². The van der Waals surface area contributed by atoms with Gasteiger partial charge in [-0.25, -0.2) is 19.3 Å². The number of hydrogen-bond acceptors (Lipinski definition) is 7. The van der Waals surface area contributed by atoms with Crippen LogP contribution >= 0.6 is 0 Å². The van der Waals surface area contributed by atoms with Crippen molar-refractivity contribution >= 4 is 0 Å². The van der Waals surface area contributed by atoms with Crippen LogP contribution < -0.4 is 0 Å². The average Bonchev–Trinajstić information content (AvgIpc) is 3.63. The molecule has 1 atom stereocenters. The molecule has 0 fully saturated rings. The van der Waals surface area contributed by atoms with Crippen LogP contribution in [0.1, 0.15) is 68.0 Å². The van der Waals surface area contributed by atoms with Crippen LogP contribution in [0.4, 0.5) is 0 Å². The standard InChI is InChI=1S/C30H31N9/c1-28(2,15-31)25-7-22(6-23(8-25)13-38-20-34-18-36-38)12-30(5,17-33)27-10-24(14-39-21-35-19-37-39)9-26(11-27)29(3,4)16-32/h6-11,18-21H,12-14H2,1-5H3/t30-/m1/s1. The summed E-state index contributed by atoms with van der Waals surface area (Å²) in [7, 11) is 0. The number of hydrogen-bond donors (Lipinski definition) is 0. The quantitative estimate of drug-likeness (QED) is 0.317. The second kappa shape index (κ2) is 10.5. The Bertz CT molecular complexity index is 1580. The first-order valence-electron chi connectivity index (χ1n) is 12.6. The van der Waals surface area contributed by atoms with Gasteiger partial charge in [-0.05, 0) is 74.4 Å². The van der Waals surface area contributed by atoms with Crippen molar-refractivity contribution in [3.8, 4) is 18.2 Å². The summed E-state index contributed by atoms with van der Waals surface area (Å²) in [5.41, 5.74) is 3.03. The molecule has 9 nitrogen and oxygen atoms in total. The molecule has 0 aliphatic rings. The first-order chi connectivity index (χ1) is 18.5. The van der Waals surface area contributed by atoms with E-state index in [1.165, 1.54) is 12.7 Å². The minimum Gasteiger partial charge on any atom is -0.249 e. The average molecular weight is 518 g/mol. The lowest BCUT2D eigenvalue weighted by atomic mass is 9.74. The molecule has 39 heavy (non-hydrogen) atoms. The Labute approximate surface area is 229 Å². The van der Waals surface area contributed by atoms with Crippen LogP contribution in [0.5, 0.6) is 0 Å². The fraction of sp³-hybridized carbons (Fsp3) is 0.367. The van der Waals surface area contributed by atoms with Crippen molar-refractivity contribution < 1.29 is 0 Å². The predicted molar refractivity (Wildman–Crippen MR) is 145 cm³/mol. The van der Waals surface area contributed by atoms with Crippen molar-refractivity contribution in [3.05, 3.63) is 95.1 Å². The maximum Gasteiger partial charge on any atom is 0.137 e. The minimum atomic E-state index is -0.904. The van der Waals surface area contributed by atoms with E-state index in [0.29, 0.717) is 19.5 Å². The fourth-order valence-corrected chi connectivity index (χ4v) is 4.53. The van der Waals surface area contributed by atoms with Crippen LogP contribution in [0, 0.1) is 34.0 Å². The number of aromatic nitrogens is 6. The molecule has 0 N–H and O–H groups in total. The topological polar surface area (TPSA) is 133 Å². The zero-order chi connectivity index (χ0) is 28.3. The molecule has 0 bridgehead atoms. The molecule has 0 aliphatic carbocycles.